The predicted molar refractivity (Wildman–Crippen MR) is 77.3 cm³/mol. The first-order valence-electron chi connectivity index (χ1n) is 6.65. The number of nitrogens with one attached hydrogen (secondary N) is 1. The molecule has 0 atom stereocenters. The van der Waals surface area contributed by atoms with Crippen LogP contribution in [0, 0.1) is 0 Å². The summed E-state index contributed by atoms with van der Waals surface area (Å²) in [5, 5.41) is 3.08. The van der Waals surface area contributed by atoms with Gasteiger partial charge in [0.1, 0.15) is 5.75 Å². The lowest BCUT2D eigenvalue weighted by molar-refractivity contribution is 0.310. The molecule has 0 aliphatic heterocycles. The first kappa shape index (κ1) is 13.6. The molecule has 3 nitrogen and oxygen atoms in total. The van der Waals surface area contributed by atoms with Crippen molar-refractivity contribution in [3.05, 3.63) is 59.9 Å². The topological polar surface area (TPSA) is 34.1 Å². The molecule has 0 spiro atoms. The third-order valence-corrected chi connectivity index (χ3v) is 2.87. The van der Waals surface area contributed by atoms with Crippen LogP contribution >= 0.6 is 0 Å². The molecule has 2 aromatic rings. The molecule has 1 aromatic carbocycles. The summed E-state index contributed by atoms with van der Waals surface area (Å²) in [5.41, 5.74) is 2.36. The van der Waals surface area contributed by atoms with Gasteiger partial charge in [0.15, 0.2) is 0 Å². The average molecular weight is 256 g/mol. The number of benzene rings is 1. The molecule has 0 saturated carbocycles. The summed E-state index contributed by atoms with van der Waals surface area (Å²) in [7, 11) is 1.91. The molecule has 1 N–H and O–H groups in total. The smallest absolute Gasteiger partial charge is 0.122 e. The molecule has 0 saturated heterocycles. The molecular formula is C16H20N2O. The first-order valence-corrected chi connectivity index (χ1v) is 6.65. The molecule has 0 aliphatic rings. The molecule has 0 fully saturated rings. The minimum absolute atomic E-state index is 0.734. The average Bonchev–Trinajstić information content (AvgIpc) is 2.46. The molecule has 0 aliphatic carbocycles. The molecular weight excluding hydrogens is 236 g/mol. The molecule has 0 radical (unpaired) electrons. The van der Waals surface area contributed by atoms with Crippen LogP contribution in [0.5, 0.6) is 5.75 Å². The van der Waals surface area contributed by atoms with Gasteiger partial charge in [-0.1, -0.05) is 30.3 Å². The van der Waals surface area contributed by atoms with E-state index in [1.54, 1.807) is 6.20 Å². The van der Waals surface area contributed by atoms with E-state index in [0.717, 1.165) is 37.4 Å². The normalized spacial score (nSPS) is 10.4. The quantitative estimate of drug-likeness (QED) is 0.773. The number of ether oxygens (including phenoxy) is 1. The number of pyridine rings is 1. The van der Waals surface area contributed by atoms with Gasteiger partial charge in [0.25, 0.3) is 0 Å². The molecule has 1 heterocycles. The van der Waals surface area contributed by atoms with Gasteiger partial charge in [-0.25, -0.2) is 0 Å². The third kappa shape index (κ3) is 4.72. The zero-order valence-electron chi connectivity index (χ0n) is 11.3. The van der Waals surface area contributed by atoms with Gasteiger partial charge in [0.2, 0.25) is 0 Å². The second-order valence-corrected chi connectivity index (χ2v) is 4.45. The minimum Gasteiger partial charge on any atom is -0.493 e. The van der Waals surface area contributed by atoms with Crippen molar-refractivity contribution in [2.75, 3.05) is 13.7 Å². The van der Waals surface area contributed by atoms with Gasteiger partial charge < -0.3 is 10.1 Å². The maximum atomic E-state index is 5.75. The van der Waals surface area contributed by atoms with Crippen LogP contribution in [0.3, 0.4) is 0 Å². The Hall–Kier alpha value is -1.87. The predicted octanol–water partition coefficient (Wildman–Crippen LogP) is 2.81. The molecule has 0 amide bonds. The van der Waals surface area contributed by atoms with E-state index >= 15 is 0 Å². The van der Waals surface area contributed by atoms with E-state index in [1.807, 2.05) is 25.2 Å². The van der Waals surface area contributed by atoms with Gasteiger partial charge in [-0.2, -0.15) is 0 Å². The van der Waals surface area contributed by atoms with Gasteiger partial charge in [-0.05, 0) is 31.5 Å². The summed E-state index contributed by atoms with van der Waals surface area (Å²) < 4.78 is 5.75. The summed E-state index contributed by atoms with van der Waals surface area (Å²) in [6.45, 7) is 1.50. The van der Waals surface area contributed by atoms with Crippen molar-refractivity contribution in [3.63, 3.8) is 0 Å². The Kier molecular flexibility index (Phi) is 5.38. The van der Waals surface area contributed by atoms with Crippen LogP contribution in [0.2, 0.25) is 0 Å². The monoisotopic (exact) mass is 256 g/mol. The van der Waals surface area contributed by atoms with E-state index < -0.39 is 0 Å². The van der Waals surface area contributed by atoms with Crippen molar-refractivity contribution in [2.45, 2.75) is 19.4 Å². The fraction of sp³-hybridized carbons (Fsp3) is 0.312. The Bertz CT molecular complexity index is 485. The minimum atomic E-state index is 0.734. The Balaban J connectivity index is 1.75. The molecule has 3 heteroatoms. The van der Waals surface area contributed by atoms with Crippen LogP contribution in [0.15, 0.2) is 48.7 Å². The largest absolute Gasteiger partial charge is 0.493 e. The Labute approximate surface area is 114 Å². The van der Waals surface area contributed by atoms with Gasteiger partial charge in [-0.3, -0.25) is 4.98 Å². The molecule has 2 rings (SSSR count). The Morgan fingerprint density at radius 3 is 2.79 bits per heavy atom. The summed E-state index contributed by atoms with van der Waals surface area (Å²) in [4.78, 5) is 4.26. The molecule has 0 bridgehead atoms. The second kappa shape index (κ2) is 7.54. The summed E-state index contributed by atoms with van der Waals surface area (Å²) in [5.74, 6) is 0.897. The van der Waals surface area contributed by atoms with Crippen molar-refractivity contribution < 1.29 is 4.74 Å². The van der Waals surface area contributed by atoms with Gasteiger partial charge in [0.05, 0.1) is 12.3 Å². The van der Waals surface area contributed by atoms with E-state index in [1.165, 1.54) is 5.56 Å². The zero-order valence-corrected chi connectivity index (χ0v) is 11.3. The second-order valence-electron chi connectivity index (χ2n) is 4.45. The Morgan fingerprint density at radius 1 is 1.16 bits per heavy atom. The van der Waals surface area contributed by atoms with Crippen LogP contribution < -0.4 is 10.1 Å². The van der Waals surface area contributed by atoms with Crippen molar-refractivity contribution >= 4 is 0 Å². The summed E-state index contributed by atoms with van der Waals surface area (Å²) in [6, 6.07) is 14.4. The van der Waals surface area contributed by atoms with Gasteiger partial charge in [0, 0.05) is 18.8 Å². The zero-order chi connectivity index (χ0) is 13.3. The van der Waals surface area contributed by atoms with E-state index in [-0.39, 0.29) is 0 Å². The fourth-order valence-corrected chi connectivity index (χ4v) is 1.93. The van der Waals surface area contributed by atoms with Crippen LogP contribution in [0.25, 0.3) is 0 Å². The number of rotatable bonds is 7. The summed E-state index contributed by atoms with van der Waals surface area (Å²) >= 11 is 0. The maximum Gasteiger partial charge on any atom is 0.122 e. The summed E-state index contributed by atoms with van der Waals surface area (Å²) in [6.07, 6.45) is 3.86. The van der Waals surface area contributed by atoms with Crippen LogP contribution in [-0.2, 0) is 13.0 Å². The van der Waals surface area contributed by atoms with Gasteiger partial charge >= 0.3 is 0 Å². The highest BCUT2D eigenvalue weighted by Gasteiger charge is 1.98. The van der Waals surface area contributed by atoms with Crippen LogP contribution in [-0.4, -0.2) is 18.6 Å². The maximum absolute atomic E-state index is 5.75. The lowest BCUT2D eigenvalue weighted by atomic mass is 10.1. The van der Waals surface area contributed by atoms with Crippen molar-refractivity contribution in [2.24, 2.45) is 0 Å². The highest BCUT2D eigenvalue weighted by molar-refractivity contribution is 5.22. The number of nitrogens with zero attached hydrogens (tertiary/aromatic N) is 1. The third-order valence-electron chi connectivity index (χ3n) is 2.87. The first-order chi connectivity index (χ1) is 9.38. The van der Waals surface area contributed by atoms with Gasteiger partial charge in [-0.15, -0.1) is 0 Å². The van der Waals surface area contributed by atoms with E-state index in [0.29, 0.717) is 0 Å². The molecule has 100 valence electrons. The number of aromatic nitrogens is 1. The van der Waals surface area contributed by atoms with Crippen molar-refractivity contribution in [1.82, 2.24) is 10.3 Å². The molecule has 1 aromatic heterocycles. The van der Waals surface area contributed by atoms with Crippen LogP contribution in [0.1, 0.15) is 17.7 Å². The fourth-order valence-electron chi connectivity index (χ4n) is 1.93. The van der Waals surface area contributed by atoms with E-state index in [4.69, 9.17) is 4.74 Å². The highest BCUT2D eigenvalue weighted by Crippen LogP contribution is 2.11. The number of aryl methyl sites for hydroxylation is 1. The van der Waals surface area contributed by atoms with Crippen molar-refractivity contribution in [3.8, 4) is 5.75 Å². The van der Waals surface area contributed by atoms with E-state index in [9.17, 15) is 0 Å². The number of hydrogen-bond acceptors (Lipinski definition) is 3. The van der Waals surface area contributed by atoms with E-state index in [2.05, 4.69) is 34.6 Å². The standard InChI is InChI=1S/C16H20N2O/c1-17-13-15-12-16(9-10-18-15)19-11-5-8-14-6-3-2-4-7-14/h2-4,6-7,9-10,12,17H,5,8,11,13H2,1H3. The number of hydrogen-bond donors (Lipinski definition) is 1. The SMILES string of the molecule is CNCc1cc(OCCCc2ccccc2)ccn1. The lowest BCUT2D eigenvalue weighted by Crippen LogP contribution is -2.07. The van der Waals surface area contributed by atoms with Crippen molar-refractivity contribution in [1.29, 1.82) is 0 Å². The van der Waals surface area contributed by atoms with Crippen LogP contribution in [0.4, 0.5) is 0 Å². The molecule has 0 unspecified atom stereocenters. The Morgan fingerprint density at radius 2 is 2.00 bits per heavy atom. The lowest BCUT2D eigenvalue weighted by Gasteiger charge is -2.07. The molecule has 19 heavy (non-hydrogen) atoms. The highest BCUT2D eigenvalue weighted by atomic mass is 16.5.